The number of halogens is 1. The first-order chi connectivity index (χ1) is 8.94. The SMILES string of the molecule is CN(C)c1nc(Cl)nc(Sc2nc(N)cc(=O)[nH]2)n1. The van der Waals surface area contributed by atoms with Gasteiger partial charge in [0.25, 0.3) is 5.56 Å². The molecule has 0 atom stereocenters. The van der Waals surface area contributed by atoms with Crippen molar-refractivity contribution in [2.45, 2.75) is 10.3 Å². The lowest BCUT2D eigenvalue weighted by Gasteiger charge is -2.10. The molecule has 0 aromatic carbocycles. The van der Waals surface area contributed by atoms with Gasteiger partial charge in [-0.25, -0.2) is 4.98 Å². The summed E-state index contributed by atoms with van der Waals surface area (Å²) in [7, 11) is 3.56. The molecule has 0 aliphatic heterocycles. The highest BCUT2D eigenvalue weighted by molar-refractivity contribution is 7.99. The van der Waals surface area contributed by atoms with Crippen molar-refractivity contribution < 1.29 is 0 Å². The summed E-state index contributed by atoms with van der Waals surface area (Å²) in [6, 6.07) is 1.19. The zero-order chi connectivity index (χ0) is 14.0. The fraction of sp³-hybridized carbons (Fsp3) is 0.222. The first-order valence-electron chi connectivity index (χ1n) is 5.07. The Hall–Kier alpha value is -1.87. The molecule has 0 fully saturated rings. The van der Waals surface area contributed by atoms with Crippen molar-refractivity contribution in [3.63, 3.8) is 0 Å². The Morgan fingerprint density at radius 1 is 1.32 bits per heavy atom. The van der Waals surface area contributed by atoms with Gasteiger partial charge in [-0.3, -0.25) is 4.79 Å². The second-order valence-corrected chi connectivity index (χ2v) is 4.95. The number of nitrogen functional groups attached to an aromatic ring is 1. The summed E-state index contributed by atoms with van der Waals surface area (Å²) in [5, 5.41) is 0.668. The maximum absolute atomic E-state index is 11.3. The van der Waals surface area contributed by atoms with Gasteiger partial charge in [-0.15, -0.1) is 0 Å². The van der Waals surface area contributed by atoms with Crippen LogP contribution < -0.4 is 16.2 Å². The van der Waals surface area contributed by atoms with Gasteiger partial charge >= 0.3 is 0 Å². The van der Waals surface area contributed by atoms with Crippen molar-refractivity contribution >= 4 is 35.1 Å². The van der Waals surface area contributed by atoms with E-state index >= 15 is 0 Å². The monoisotopic (exact) mass is 299 g/mol. The fourth-order valence-corrected chi connectivity index (χ4v) is 2.10. The number of nitrogens with zero attached hydrogens (tertiary/aromatic N) is 5. The number of nitrogens with one attached hydrogen (secondary N) is 1. The standard InChI is InChI=1S/C9H10ClN7OS/c1-17(2)7-14-6(10)15-9(16-7)19-8-12-4(11)3-5(18)13-8/h3H,1-2H3,(H3,11,12,13,18). The lowest BCUT2D eigenvalue weighted by atomic mass is 10.6. The molecule has 0 radical (unpaired) electrons. The van der Waals surface area contributed by atoms with E-state index in [4.69, 9.17) is 17.3 Å². The van der Waals surface area contributed by atoms with Crippen molar-refractivity contribution in [1.29, 1.82) is 0 Å². The summed E-state index contributed by atoms with van der Waals surface area (Å²) in [5.74, 6) is 0.535. The van der Waals surface area contributed by atoms with Crippen LogP contribution in [0.3, 0.4) is 0 Å². The quantitative estimate of drug-likeness (QED) is 0.783. The molecule has 0 saturated carbocycles. The van der Waals surface area contributed by atoms with Crippen LogP contribution in [-0.2, 0) is 0 Å². The summed E-state index contributed by atoms with van der Waals surface area (Å²) < 4.78 is 0. The fourth-order valence-electron chi connectivity index (χ4n) is 1.16. The molecule has 8 nitrogen and oxygen atoms in total. The highest BCUT2D eigenvalue weighted by Crippen LogP contribution is 2.22. The van der Waals surface area contributed by atoms with Crippen LogP contribution in [0.1, 0.15) is 0 Å². The van der Waals surface area contributed by atoms with Crippen molar-refractivity contribution in [3.8, 4) is 0 Å². The maximum atomic E-state index is 11.3. The molecule has 2 aromatic heterocycles. The molecule has 0 bridgehead atoms. The summed E-state index contributed by atoms with van der Waals surface area (Å²) in [6.45, 7) is 0. The molecule has 2 rings (SSSR count). The van der Waals surface area contributed by atoms with E-state index in [9.17, 15) is 4.79 Å². The van der Waals surface area contributed by atoms with Crippen LogP contribution in [0.4, 0.5) is 11.8 Å². The molecule has 2 aromatic rings. The number of hydrogen-bond acceptors (Lipinski definition) is 8. The number of aromatic amines is 1. The van der Waals surface area contributed by atoms with Crippen molar-refractivity contribution in [3.05, 3.63) is 21.7 Å². The average Bonchev–Trinajstić information content (AvgIpc) is 2.26. The Bertz CT molecular complexity index is 659. The number of hydrogen-bond donors (Lipinski definition) is 2. The van der Waals surface area contributed by atoms with E-state index in [1.807, 2.05) is 0 Å². The highest BCUT2D eigenvalue weighted by atomic mass is 35.5. The van der Waals surface area contributed by atoms with E-state index in [0.717, 1.165) is 11.8 Å². The van der Waals surface area contributed by atoms with E-state index in [2.05, 4.69) is 24.9 Å². The van der Waals surface area contributed by atoms with Gasteiger partial charge in [0.2, 0.25) is 16.4 Å². The van der Waals surface area contributed by atoms with Crippen LogP contribution in [0.2, 0.25) is 5.28 Å². The van der Waals surface area contributed by atoms with Gasteiger partial charge in [-0.2, -0.15) is 15.0 Å². The van der Waals surface area contributed by atoms with Crippen LogP contribution in [-0.4, -0.2) is 39.0 Å². The Balaban J connectivity index is 2.35. The molecule has 0 aliphatic rings. The van der Waals surface area contributed by atoms with Crippen LogP contribution in [0.15, 0.2) is 21.2 Å². The summed E-state index contributed by atoms with van der Waals surface area (Å²) in [6.07, 6.45) is 0. The van der Waals surface area contributed by atoms with E-state index < -0.39 is 0 Å². The largest absolute Gasteiger partial charge is 0.383 e. The van der Waals surface area contributed by atoms with Gasteiger partial charge in [-0.05, 0) is 23.4 Å². The molecule has 0 spiro atoms. The molecular formula is C9H10ClN7OS. The van der Waals surface area contributed by atoms with Crippen molar-refractivity contribution in [1.82, 2.24) is 24.9 Å². The topological polar surface area (TPSA) is 114 Å². The lowest BCUT2D eigenvalue weighted by Crippen LogP contribution is -2.14. The summed E-state index contributed by atoms with van der Waals surface area (Å²) in [5.41, 5.74) is 5.14. The van der Waals surface area contributed by atoms with E-state index in [-0.39, 0.29) is 21.8 Å². The zero-order valence-corrected chi connectivity index (χ0v) is 11.7. The Kier molecular flexibility index (Phi) is 3.86. The van der Waals surface area contributed by atoms with Gasteiger partial charge < -0.3 is 15.6 Å². The zero-order valence-electron chi connectivity index (χ0n) is 10.1. The van der Waals surface area contributed by atoms with Gasteiger partial charge in [0.05, 0.1) is 0 Å². The minimum absolute atomic E-state index is 0.0625. The molecule has 100 valence electrons. The average molecular weight is 300 g/mol. The minimum Gasteiger partial charge on any atom is -0.383 e. The molecule has 10 heteroatoms. The first-order valence-corrected chi connectivity index (χ1v) is 6.27. The third kappa shape index (κ3) is 3.55. The molecule has 19 heavy (non-hydrogen) atoms. The lowest BCUT2D eigenvalue weighted by molar-refractivity contribution is 0.856. The van der Waals surface area contributed by atoms with Gasteiger partial charge in [0.1, 0.15) is 5.82 Å². The van der Waals surface area contributed by atoms with Crippen LogP contribution in [0.25, 0.3) is 0 Å². The van der Waals surface area contributed by atoms with Crippen molar-refractivity contribution in [2.24, 2.45) is 0 Å². The normalized spacial score (nSPS) is 10.5. The van der Waals surface area contributed by atoms with E-state index in [1.54, 1.807) is 19.0 Å². The van der Waals surface area contributed by atoms with Crippen LogP contribution in [0.5, 0.6) is 0 Å². The highest BCUT2D eigenvalue weighted by Gasteiger charge is 2.10. The molecule has 0 amide bonds. The second-order valence-electron chi connectivity index (χ2n) is 3.66. The Morgan fingerprint density at radius 2 is 2.05 bits per heavy atom. The summed E-state index contributed by atoms with van der Waals surface area (Å²) in [4.78, 5) is 31.5. The first kappa shape index (κ1) is 13.6. The molecule has 2 heterocycles. The predicted molar refractivity (Wildman–Crippen MR) is 72.6 cm³/mol. The number of aromatic nitrogens is 5. The number of rotatable bonds is 3. The van der Waals surface area contributed by atoms with Gasteiger partial charge in [0.15, 0.2) is 5.16 Å². The summed E-state index contributed by atoms with van der Waals surface area (Å²) >= 11 is 6.85. The third-order valence-corrected chi connectivity index (χ3v) is 2.82. The molecule has 0 saturated heterocycles. The smallest absolute Gasteiger partial charge is 0.253 e. The molecule has 0 aliphatic carbocycles. The molecule has 3 N–H and O–H groups in total. The van der Waals surface area contributed by atoms with Crippen molar-refractivity contribution in [2.75, 3.05) is 24.7 Å². The van der Waals surface area contributed by atoms with Gasteiger partial charge in [-0.1, -0.05) is 0 Å². The second kappa shape index (κ2) is 5.41. The van der Waals surface area contributed by atoms with Gasteiger partial charge in [0, 0.05) is 20.2 Å². The number of nitrogens with two attached hydrogens (primary N) is 1. The predicted octanol–water partition coefficient (Wildman–Crippen LogP) is 0.408. The third-order valence-electron chi connectivity index (χ3n) is 1.90. The number of anilines is 2. The molecular weight excluding hydrogens is 290 g/mol. The Morgan fingerprint density at radius 3 is 2.68 bits per heavy atom. The number of H-pyrrole nitrogens is 1. The minimum atomic E-state index is -0.344. The van der Waals surface area contributed by atoms with E-state index in [0.29, 0.717) is 11.1 Å². The van der Waals surface area contributed by atoms with Crippen LogP contribution in [0, 0.1) is 0 Å². The maximum Gasteiger partial charge on any atom is 0.253 e. The van der Waals surface area contributed by atoms with Crippen LogP contribution >= 0.6 is 23.4 Å². The molecule has 0 unspecified atom stereocenters. The Labute approximate surface area is 117 Å². The van der Waals surface area contributed by atoms with E-state index in [1.165, 1.54) is 6.07 Å².